The molecule has 0 saturated carbocycles. The standard InChI is InChI=1S/C25H25BrN2O3/c1-4-13-31-23-12-10-18(15-21(23)26)24(29)28-22-8-6-5-7-20(22)25(30)27-19-11-9-16(2)17(3)14-19/h5-12,14-15H,4,13H2,1-3H3,(H,27,30)(H,28,29). The van der Waals surface area contributed by atoms with Crippen molar-refractivity contribution < 1.29 is 14.3 Å². The van der Waals surface area contributed by atoms with E-state index in [9.17, 15) is 9.59 Å². The third-order valence-electron chi connectivity index (χ3n) is 4.84. The van der Waals surface area contributed by atoms with Crippen LogP contribution < -0.4 is 15.4 Å². The van der Waals surface area contributed by atoms with Gasteiger partial charge in [-0.3, -0.25) is 9.59 Å². The van der Waals surface area contributed by atoms with Gasteiger partial charge in [0.15, 0.2) is 0 Å². The second-order valence-corrected chi connectivity index (χ2v) is 8.10. The molecule has 6 heteroatoms. The Morgan fingerprint density at radius 2 is 1.68 bits per heavy atom. The quantitative estimate of drug-likeness (QED) is 0.413. The number of halogens is 1. The van der Waals surface area contributed by atoms with E-state index in [1.165, 1.54) is 0 Å². The number of rotatable bonds is 7. The Hall–Kier alpha value is -3.12. The first kappa shape index (κ1) is 22.6. The predicted molar refractivity (Wildman–Crippen MR) is 128 cm³/mol. The molecule has 3 aromatic rings. The minimum atomic E-state index is -0.311. The van der Waals surface area contributed by atoms with Gasteiger partial charge < -0.3 is 15.4 Å². The lowest BCUT2D eigenvalue weighted by atomic mass is 10.1. The Balaban J connectivity index is 1.77. The zero-order chi connectivity index (χ0) is 22.4. The minimum absolute atomic E-state index is 0.288. The van der Waals surface area contributed by atoms with Crippen LogP contribution in [-0.4, -0.2) is 18.4 Å². The molecule has 0 saturated heterocycles. The van der Waals surface area contributed by atoms with Crippen molar-refractivity contribution in [1.29, 1.82) is 0 Å². The summed E-state index contributed by atoms with van der Waals surface area (Å²) in [4.78, 5) is 25.7. The number of benzene rings is 3. The Morgan fingerprint density at radius 1 is 0.903 bits per heavy atom. The van der Waals surface area contributed by atoms with Gasteiger partial charge >= 0.3 is 0 Å². The molecule has 0 spiro atoms. The number of amides is 2. The first-order valence-corrected chi connectivity index (χ1v) is 10.9. The second-order valence-electron chi connectivity index (χ2n) is 7.25. The van der Waals surface area contributed by atoms with E-state index < -0.39 is 0 Å². The number of carbonyl (C=O) groups is 2. The van der Waals surface area contributed by atoms with Crippen LogP contribution in [0.1, 0.15) is 45.2 Å². The summed E-state index contributed by atoms with van der Waals surface area (Å²) in [6.45, 7) is 6.65. The van der Waals surface area contributed by atoms with E-state index >= 15 is 0 Å². The average molecular weight is 481 g/mol. The average Bonchev–Trinajstić information content (AvgIpc) is 2.75. The second kappa shape index (κ2) is 10.3. The van der Waals surface area contributed by atoms with Gasteiger partial charge in [-0.1, -0.05) is 25.1 Å². The molecule has 0 atom stereocenters. The van der Waals surface area contributed by atoms with E-state index in [4.69, 9.17) is 4.74 Å². The number of ether oxygens (including phenoxy) is 1. The molecule has 31 heavy (non-hydrogen) atoms. The molecule has 0 aliphatic heterocycles. The van der Waals surface area contributed by atoms with Crippen molar-refractivity contribution in [3.63, 3.8) is 0 Å². The van der Waals surface area contributed by atoms with Crippen LogP contribution in [0, 0.1) is 13.8 Å². The fourth-order valence-electron chi connectivity index (χ4n) is 2.97. The minimum Gasteiger partial charge on any atom is -0.492 e. The third-order valence-corrected chi connectivity index (χ3v) is 5.46. The van der Waals surface area contributed by atoms with Crippen LogP contribution in [-0.2, 0) is 0 Å². The molecule has 0 heterocycles. The van der Waals surface area contributed by atoms with Crippen molar-refractivity contribution in [2.45, 2.75) is 27.2 Å². The highest BCUT2D eigenvalue weighted by atomic mass is 79.9. The molecule has 0 aliphatic rings. The van der Waals surface area contributed by atoms with E-state index in [0.717, 1.165) is 17.5 Å². The lowest BCUT2D eigenvalue weighted by Crippen LogP contribution is -2.18. The Kier molecular flexibility index (Phi) is 7.47. The molecule has 3 rings (SSSR count). The maximum atomic E-state index is 12.9. The van der Waals surface area contributed by atoms with E-state index in [0.29, 0.717) is 39.3 Å². The first-order chi connectivity index (χ1) is 14.9. The Morgan fingerprint density at radius 3 is 2.39 bits per heavy atom. The summed E-state index contributed by atoms with van der Waals surface area (Å²) in [6.07, 6.45) is 0.898. The lowest BCUT2D eigenvalue weighted by molar-refractivity contribution is 0.102. The van der Waals surface area contributed by atoms with E-state index in [2.05, 4.69) is 26.6 Å². The maximum Gasteiger partial charge on any atom is 0.257 e. The fraction of sp³-hybridized carbons (Fsp3) is 0.200. The largest absolute Gasteiger partial charge is 0.492 e. The van der Waals surface area contributed by atoms with E-state index in [1.54, 1.807) is 42.5 Å². The van der Waals surface area contributed by atoms with Gasteiger partial charge in [0.1, 0.15) is 5.75 Å². The van der Waals surface area contributed by atoms with Gasteiger partial charge in [-0.15, -0.1) is 0 Å². The number of aryl methyl sites for hydroxylation is 2. The molecule has 160 valence electrons. The van der Waals surface area contributed by atoms with Gasteiger partial charge in [0.05, 0.1) is 22.3 Å². The van der Waals surface area contributed by atoms with Gasteiger partial charge in [0, 0.05) is 11.3 Å². The van der Waals surface area contributed by atoms with Crippen LogP contribution in [0.25, 0.3) is 0 Å². The Labute approximate surface area is 191 Å². The number of nitrogens with one attached hydrogen (secondary N) is 2. The number of hydrogen-bond donors (Lipinski definition) is 2. The first-order valence-electron chi connectivity index (χ1n) is 10.1. The van der Waals surface area contributed by atoms with Crippen LogP contribution in [0.4, 0.5) is 11.4 Å². The highest BCUT2D eigenvalue weighted by molar-refractivity contribution is 9.10. The molecule has 2 N–H and O–H groups in total. The summed E-state index contributed by atoms with van der Waals surface area (Å²) >= 11 is 3.45. The molecule has 0 aliphatic carbocycles. The van der Waals surface area contributed by atoms with Crippen molar-refractivity contribution in [3.8, 4) is 5.75 Å². The summed E-state index contributed by atoms with van der Waals surface area (Å²) < 4.78 is 6.33. The van der Waals surface area contributed by atoms with Crippen molar-refractivity contribution in [2.75, 3.05) is 17.2 Å². The van der Waals surface area contributed by atoms with Crippen LogP contribution in [0.15, 0.2) is 65.1 Å². The summed E-state index contributed by atoms with van der Waals surface area (Å²) in [7, 11) is 0. The molecule has 5 nitrogen and oxygen atoms in total. The van der Waals surface area contributed by atoms with Crippen molar-refractivity contribution in [2.24, 2.45) is 0 Å². The molecule has 3 aromatic carbocycles. The molecule has 0 radical (unpaired) electrons. The molecular formula is C25H25BrN2O3. The monoisotopic (exact) mass is 480 g/mol. The number of para-hydroxylation sites is 1. The smallest absolute Gasteiger partial charge is 0.257 e. The third kappa shape index (κ3) is 5.73. The SMILES string of the molecule is CCCOc1ccc(C(=O)Nc2ccccc2C(=O)Nc2ccc(C)c(C)c2)cc1Br. The number of hydrogen-bond acceptors (Lipinski definition) is 3. The molecule has 0 unspecified atom stereocenters. The van der Waals surface area contributed by atoms with Crippen LogP contribution in [0.2, 0.25) is 0 Å². The summed E-state index contributed by atoms with van der Waals surface area (Å²) in [5, 5.41) is 5.74. The fourth-order valence-corrected chi connectivity index (χ4v) is 3.47. The predicted octanol–water partition coefficient (Wildman–Crippen LogP) is 6.36. The van der Waals surface area contributed by atoms with Gasteiger partial charge in [-0.05, 0) is 89.8 Å². The van der Waals surface area contributed by atoms with Crippen molar-refractivity contribution >= 4 is 39.1 Å². The normalized spacial score (nSPS) is 10.5. The highest BCUT2D eigenvalue weighted by Crippen LogP contribution is 2.27. The van der Waals surface area contributed by atoms with Gasteiger partial charge in [0.25, 0.3) is 11.8 Å². The van der Waals surface area contributed by atoms with Gasteiger partial charge in [0.2, 0.25) is 0 Å². The number of anilines is 2. The molecule has 2 amide bonds. The topological polar surface area (TPSA) is 67.4 Å². The Bertz CT molecular complexity index is 1110. The maximum absolute atomic E-state index is 12.9. The highest BCUT2D eigenvalue weighted by Gasteiger charge is 2.15. The molecular weight excluding hydrogens is 456 g/mol. The van der Waals surface area contributed by atoms with Gasteiger partial charge in [-0.2, -0.15) is 0 Å². The number of carbonyl (C=O) groups excluding carboxylic acids is 2. The summed E-state index contributed by atoms with van der Waals surface area (Å²) in [6, 6.07) is 17.8. The van der Waals surface area contributed by atoms with Gasteiger partial charge in [-0.25, -0.2) is 0 Å². The summed E-state index contributed by atoms with van der Waals surface area (Å²) in [5.41, 5.74) is 4.24. The van der Waals surface area contributed by atoms with Crippen LogP contribution in [0.5, 0.6) is 5.75 Å². The molecule has 0 bridgehead atoms. The van der Waals surface area contributed by atoms with Crippen molar-refractivity contribution in [1.82, 2.24) is 0 Å². The van der Waals surface area contributed by atoms with E-state index in [1.807, 2.05) is 39.0 Å². The van der Waals surface area contributed by atoms with Crippen LogP contribution in [0.3, 0.4) is 0 Å². The molecule has 0 fully saturated rings. The zero-order valence-corrected chi connectivity index (χ0v) is 19.4. The molecule has 0 aromatic heterocycles. The van der Waals surface area contributed by atoms with Crippen molar-refractivity contribution in [3.05, 3.63) is 87.4 Å². The zero-order valence-electron chi connectivity index (χ0n) is 17.8. The van der Waals surface area contributed by atoms with Crippen LogP contribution >= 0.6 is 15.9 Å². The lowest BCUT2D eigenvalue weighted by Gasteiger charge is -2.13. The summed E-state index contributed by atoms with van der Waals surface area (Å²) in [5.74, 6) is 0.0874. The van der Waals surface area contributed by atoms with E-state index in [-0.39, 0.29) is 11.8 Å².